The van der Waals surface area contributed by atoms with Crippen LogP contribution >= 0.6 is 11.3 Å². The average molecular weight is 380 g/mol. The number of amides is 1. The molecule has 27 heavy (non-hydrogen) atoms. The highest BCUT2D eigenvalue weighted by Crippen LogP contribution is 2.22. The summed E-state index contributed by atoms with van der Waals surface area (Å²) in [7, 11) is 0. The first-order valence-corrected chi connectivity index (χ1v) is 9.53. The van der Waals surface area contributed by atoms with Gasteiger partial charge in [0.25, 0.3) is 5.91 Å². The number of fused-ring (bicyclic) bond motifs is 1. The summed E-state index contributed by atoms with van der Waals surface area (Å²) in [5.74, 6) is -0.621. The molecule has 7 heteroatoms. The number of hydrogen-bond acceptors (Lipinski definition) is 4. The topological polar surface area (TPSA) is 59.3 Å². The highest BCUT2D eigenvalue weighted by Gasteiger charge is 2.14. The second kappa shape index (κ2) is 7.28. The number of aryl methyl sites for hydroxylation is 1. The maximum Gasteiger partial charge on any atom is 0.270 e. The van der Waals surface area contributed by atoms with Crippen LogP contribution < -0.4 is 5.32 Å². The fourth-order valence-corrected chi connectivity index (χ4v) is 3.53. The lowest BCUT2D eigenvalue weighted by Gasteiger charge is -2.08. The number of carbonyl (C=O) groups is 1. The quantitative estimate of drug-likeness (QED) is 0.567. The van der Waals surface area contributed by atoms with E-state index in [2.05, 4.69) is 15.4 Å². The zero-order valence-electron chi connectivity index (χ0n) is 14.6. The Morgan fingerprint density at radius 1 is 1.26 bits per heavy atom. The number of benzene rings is 1. The first kappa shape index (κ1) is 17.4. The third-order valence-electron chi connectivity index (χ3n) is 4.25. The molecular formula is C20H17FN4OS. The summed E-state index contributed by atoms with van der Waals surface area (Å²) in [4.78, 5) is 17.0. The van der Waals surface area contributed by atoms with Crippen molar-refractivity contribution in [1.82, 2.24) is 19.9 Å². The molecule has 3 aromatic heterocycles. The van der Waals surface area contributed by atoms with Gasteiger partial charge in [0, 0.05) is 29.2 Å². The molecule has 0 aliphatic heterocycles. The molecule has 5 nitrogen and oxygen atoms in total. The summed E-state index contributed by atoms with van der Waals surface area (Å²) in [6.07, 6.45) is 0.716. The van der Waals surface area contributed by atoms with E-state index in [1.807, 2.05) is 29.8 Å². The molecule has 0 unspecified atom stereocenters. The van der Waals surface area contributed by atoms with E-state index in [4.69, 9.17) is 0 Å². The van der Waals surface area contributed by atoms with Crippen molar-refractivity contribution in [2.24, 2.45) is 0 Å². The van der Waals surface area contributed by atoms with Crippen molar-refractivity contribution >= 4 is 22.9 Å². The van der Waals surface area contributed by atoms with E-state index >= 15 is 0 Å². The summed E-state index contributed by atoms with van der Waals surface area (Å²) < 4.78 is 15.0. The Labute approximate surface area is 159 Å². The van der Waals surface area contributed by atoms with Gasteiger partial charge in [-0.15, -0.1) is 0 Å². The Morgan fingerprint density at radius 2 is 2.15 bits per heavy atom. The van der Waals surface area contributed by atoms with Crippen LogP contribution in [0.5, 0.6) is 0 Å². The first-order valence-electron chi connectivity index (χ1n) is 8.59. The van der Waals surface area contributed by atoms with Gasteiger partial charge >= 0.3 is 0 Å². The molecule has 0 spiro atoms. The van der Waals surface area contributed by atoms with Gasteiger partial charge in [0.05, 0.1) is 5.69 Å². The van der Waals surface area contributed by atoms with Gasteiger partial charge in [0.2, 0.25) is 0 Å². The third kappa shape index (κ3) is 3.59. The average Bonchev–Trinajstić information content (AvgIpc) is 3.34. The van der Waals surface area contributed by atoms with E-state index in [1.54, 1.807) is 34.1 Å². The number of thiophene rings is 1. The molecule has 3 heterocycles. The van der Waals surface area contributed by atoms with E-state index in [0.29, 0.717) is 23.3 Å². The largest absolute Gasteiger partial charge is 0.347 e. The van der Waals surface area contributed by atoms with Gasteiger partial charge < -0.3 is 5.32 Å². The van der Waals surface area contributed by atoms with Crippen LogP contribution in [-0.2, 0) is 13.0 Å². The Hall–Kier alpha value is -3.06. The van der Waals surface area contributed by atoms with Crippen molar-refractivity contribution in [2.75, 3.05) is 0 Å². The minimum Gasteiger partial charge on any atom is -0.347 e. The second-order valence-electron chi connectivity index (χ2n) is 6.11. The van der Waals surface area contributed by atoms with Gasteiger partial charge in [-0.05, 0) is 41.6 Å². The van der Waals surface area contributed by atoms with Crippen molar-refractivity contribution in [3.8, 4) is 11.3 Å². The van der Waals surface area contributed by atoms with E-state index in [0.717, 1.165) is 17.0 Å². The number of carbonyl (C=O) groups excluding carboxylic acids is 1. The number of nitrogens with zero attached hydrogens (tertiary/aromatic N) is 3. The van der Waals surface area contributed by atoms with Crippen LogP contribution in [0.15, 0.2) is 53.2 Å². The van der Waals surface area contributed by atoms with Crippen molar-refractivity contribution in [1.29, 1.82) is 0 Å². The summed E-state index contributed by atoms with van der Waals surface area (Å²) in [5.41, 5.74) is 4.42. The zero-order chi connectivity index (χ0) is 18.8. The van der Waals surface area contributed by atoms with Crippen LogP contribution in [-0.4, -0.2) is 20.5 Å². The van der Waals surface area contributed by atoms with Gasteiger partial charge in [-0.3, -0.25) is 4.79 Å². The van der Waals surface area contributed by atoms with E-state index in [1.165, 1.54) is 12.1 Å². The molecule has 136 valence electrons. The molecule has 0 radical (unpaired) electrons. The molecular weight excluding hydrogens is 363 g/mol. The Balaban J connectivity index is 1.62. The molecule has 0 fully saturated rings. The third-order valence-corrected chi connectivity index (χ3v) is 4.94. The SMILES string of the molecule is CCc1cc(C(=O)NCc2cccc(F)c2)nc2cc(-c3ccsc3)nn12. The molecule has 0 bridgehead atoms. The highest BCUT2D eigenvalue weighted by atomic mass is 32.1. The molecule has 1 N–H and O–H groups in total. The molecule has 4 rings (SSSR count). The van der Waals surface area contributed by atoms with Gasteiger partial charge in [-0.1, -0.05) is 19.1 Å². The van der Waals surface area contributed by atoms with Gasteiger partial charge in [0.1, 0.15) is 11.5 Å². The van der Waals surface area contributed by atoms with Crippen molar-refractivity contribution in [3.63, 3.8) is 0 Å². The minimum absolute atomic E-state index is 0.240. The second-order valence-corrected chi connectivity index (χ2v) is 6.89. The summed E-state index contributed by atoms with van der Waals surface area (Å²) in [5, 5.41) is 11.4. The molecule has 0 aliphatic rings. The lowest BCUT2D eigenvalue weighted by Crippen LogP contribution is -2.24. The molecule has 0 saturated carbocycles. The fourth-order valence-electron chi connectivity index (χ4n) is 2.88. The smallest absolute Gasteiger partial charge is 0.270 e. The number of rotatable bonds is 5. The molecule has 0 aliphatic carbocycles. The van der Waals surface area contributed by atoms with Gasteiger partial charge in [-0.2, -0.15) is 16.4 Å². The first-order chi connectivity index (χ1) is 13.1. The van der Waals surface area contributed by atoms with Crippen LogP contribution in [0.4, 0.5) is 4.39 Å². The lowest BCUT2D eigenvalue weighted by atomic mass is 10.2. The van der Waals surface area contributed by atoms with Crippen molar-refractivity contribution < 1.29 is 9.18 Å². The highest BCUT2D eigenvalue weighted by molar-refractivity contribution is 7.08. The van der Waals surface area contributed by atoms with Crippen molar-refractivity contribution in [2.45, 2.75) is 19.9 Å². The Bertz CT molecular complexity index is 1100. The Kier molecular flexibility index (Phi) is 4.68. The molecule has 1 amide bonds. The van der Waals surface area contributed by atoms with Crippen molar-refractivity contribution in [3.05, 3.63) is 76.0 Å². The van der Waals surface area contributed by atoms with Crippen LogP contribution in [0.1, 0.15) is 28.7 Å². The number of halogens is 1. The zero-order valence-corrected chi connectivity index (χ0v) is 15.5. The maximum absolute atomic E-state index is 13.3. The summed E-state index contributed by atoms with van der Waals surface area (Å²) in [6.45, 7) is 2.25. The molecule has 0 saturated heterocycles. The predicted octanol–water partition coefficient (Wildman–Crippen LogP) is 4.09. The van der Waals surface area contributed by atoms with Crippen LogP contribution in [0.25, 0.3) is 16.9 Å². The summed E-state index contributed by atoms with van der Waals surface area (Å²) in [6, 6.07) is 11.8. The standard InChI is InChI=1S/C20H17FN4OS/c1-2-16-9-18(20(26)22-11-13-4-3-5-15(21)8-13)23-19-10-17(24-25(16)19)14-6-7-27-12-14/h3-10,12H,2,11H2,1H3,(H,22,26). The molecule has 0 atom stereocenters. The van der Waals surface area contributed by atoms with Crippen LogP contribution in [0.2, 0.25) is 0 Å². The van der Waals surface area contributed by atoms with E-state index in [-0.39, 0.29) is 18.3 Å². The molecule has 4 aromatic rings. The maximum atomic E-state index is 13.3. The van der Waals surface area contributed by atoms with Gasteiger partial charge in [-0.25, -0.2) is 13.9 Å². The van der Waals surface area contributed by atoms with Crippen LogP contribution in [0.3, 0.4) is 0 Å². The Morgan fingerprint density at radius 3 is 2.89 bits per heavy atom. The number of hydrogen-bond donors (Lipinski definition) is 1. The minimum atomic E-state index is -0.324. The monoisotopic (exact) mass is 380 g/mol. The predicted molar refractivity (Wildman–Crippen MR) is 103 cm³/mol. The summed E-state index contributed by atoms with van der Waals surface area (Å²) >= 11 is 1.61. The normalized spacial score (nSPS) is 11.0. The van der Waals surface area contributed by atoms with Gasteiger partial charge in [0.15, 0.2) is 5.65 Å². The number of nitrogens with one attached hydrogen (secondary N) is 1. The number of aromatic nitrogens is 3. The lowest BCUT2D eigenvalue weighted by molar-refractivity contribution is 0.0946. The van der Waals surface area contributed by atoms with E-state index < -0.39 is 0 Å². The van der Waals surface area contributed by atoms with E-state index in [9.17, 15) is 9.18 Å². The fraction of sp³-hybridized carbons (Fsp3) is 0.150. The molecule has 1 aromatic carbocycles. The van der Waals surface area contributed by atoms with Crippen LogP contribution in [0, 0.1) is 5.82 Å².